The van der Waals surface area contributed by atoms with E-state index in [4.69, 9.17) is 5.73 Å². The zero-order chi connectivity index (χ0) is 12.6. The summed E-state index contributed by atoms with van der Waals surface area (Å²) >= 11 is 0. The average Bonchev–Trinajstić information content (AvgIpc) is 2.17. The van der Waals surface area contributed by atoms with Crippen molar-refractivity contribution in [3.8, 4) is 0 Å². The minimum absolute atomic E-state index is 0.827. The Morgan fingerprint density at radius 3 is 1.75 bits per heavy atom. The molecule has 0 aliphatic heterocycles. The summed E-state index contributed by atoms with van der Waals surface area (Å²) in [4.78, 5) is 0. The first kappa shape index (κ1) is 13.4. The van der Waals surface area contributed by atoms with E-state index in [9.17, 15) is 10.2 Å². The average molecular weight is 214 g/mol. The molecule has 0 saturated heterocycles. The van der Waals surface area contributed by atoms with Gasteiger partial charge in [-0.05, 0) is 10.8 Å². The summed E-state index contributed by atoms with van der Waals surface area (Å²) in [6.45, 7) is 0. The van der Waals surface area contributed by atoms with Crippen LogP contribution in [0.1, 0.15) is 5.56 Å². The summed E-state index contributed by atoms with van der Waals surface area (Å²) in [6, 6.07) is 9.48. The minimum Gasteiger partial charge on any atom is -0.375 e. The topological polar surface area (TPSA) is 66.5 Å². The van der Waals surface area contributed by atoms with Crippen molar-refractivity contribution in [2.75, 3.05) is 0 Å². The van der Waals surface area contributed by atoms with E-state index in [2.05, 4.69) is 0 Å². The summed E-state index contributed by atoms with van der Waals surface area (Å²) in [5, 5.41) is 18.8. The molecule has 1 aromatic rings. The summed E-state index contributed by atoms with van der Waals surface area (Å²) in [5.41, 5.74) is 4.50. The maximum absolute atomic E-state index is 9.82. The number of nitrogens with two attached hydrogens (primary N) is 1. The molecule has 7 heteroatoms. The predicted molar refractivity (Wildman–Crippen MR) is 76.3 cm³/mol. The van der Waals surface area contributed by atoms with Crippen molar-refractivity contribution in [1.29, 1.82) is 0 Å². The standard InChI is InChI=1S/C9H17B4NO2/c10-7(14,6-4-2-1-3-5-6)8(11,12)9(13,15)16/h1-5,15-16H,10-14H2/t7-/m0/s1. The number of hydrogen-bond donors (Lipinski definition) is 3. The fraction of sp³-hybridized carbons (Fsp3) is 0.333. The highest BCUT2D eigenvalue weighted by Crippen LogP contribution is 2.42. The summed E-state index contributed by atoms with van der Waals surface area (Å²) in [5.74, 6) is 0. The third-order valence-electron chi connectivity index (χ3n) is 3.86. The molecular weight excluding hydrogens is 197 g/mol. The Hall–Kier alpha value is -0.640. The van der Waals surface area contributed by atoms with Crippen LogP contribution >= 0.6 is 0 Å². The molecule has 0 heterocycles. The lowest BCUT2D eigenvalue weighted by Gasteiger charge is -2.49. The molecule has 0 spiro atoms. The minimum atomic E-state index is -1.84. The normalized spacial score (nSPS) is 16.7. The van der Waals surface area contributed by atoms with Gasteiger partial charge in [0.05, 0.1) is 0 Å². The van der Waals surface area contributed by atoms with Gasteiger partial charge in [0, 0.05) is 5.44 Å². The van der Waals surface area contributed by atoms with E-state index < -0.39 is 16.3 Å². The summed E-state index contributed by atoms with van der Waals surface area (Å²) in [7, 11) is 6.67. The Morgan fingerprint density at radius 2 is 1.38 bits per heavy atom. The zero-order valence-electron chi connectivity index (χ0n) is 10.4. The molecule has 16 heavy (non-hydrogen) atoms. The van der Waals surface area contributed by atoms with Gasteiger partial charge in [0.2, 0.25) is 0 Å². The predicted octanol–water partition coefficient (Wildman–Crippen LogP) is -3.91. The van der Waals surface area contributed by atoms with Crippen molar-refractivity contribution in [2.45, 2.75) is 16.3 Å². The van der Waals surface area contributed by atoms with Crippen molar-refractivity contribution in [1.82, 2.24) is 0 Å². The highest BCUT2D eigenvalue weighted by molar-refractivity contribution is 6.48. The fourth-order valence-corrected chi connectivity index (χ4v) is 1.64. The van der Waals surface area contributed by atoms with Gasteiger partial charge in [-0.2, -0.15) is 0 Å². The third kappa shape index (κ3) is 2.08. The lowest BCUT2D eigenvalue weighted by Crippen LogP contribution is -2.61. The van der Waals surface area contributed by atoms with Gasteiger partial charge in [0.25, 0.3) is 0 Å². The van der Waals surface area contributed by atoms with Crippen molar-refractivity contribution in [2.24, 2.45) is 5.73 Å². The molecule has 0 aliphatic rings. The van der Waals surface area contributed by atoms with E-state index in [-0.39, 0.29) is 0 Å². The molecule has 0 radical (unpaired) electrons. The van der Waals surface area contributed by atoms with Crippen LogP contribution in [0.3, 0.4) is 0 Å². The first-order valence-electron chi connectivity index (χ1n) is 5.40. The van der Waals surface area contributed by atoms with Gasteiger partial charge in [-0.15, -0.1) is 0 Å². The third-order valence-corrected chi connectivity index (χ3v) is 3.86. The van der Waals surface area contributed by atoms with Crippen LogP contribution in [0.15, 0.2) is 30.3 Å². The maximum Gasteiger partial charge on any atom is 0.176 e. The molecule has 82 valence electrons. The summed E-state index contributed by atoms with van der Waals surface area (Å²) in [6.07, 6.45) is 0. The van der Waals surface area contributed by atoms with Crippen LogP contribution in [-0.4, -0.2) is 47.3 Å². The smallest absolute Gasteiger partial charge is 0.176 e. The Labute approximate surface area is 100 Å². The van der Waals surface area contributed by atoms with Gasteiger partial charge in [0.15, 0.2) is 7.85 Å². The number of benzene rings is 1. The number of aliphatic hydroxyl groups is 2. The van der Waals surface area contributed by atoms with Crippen LogP contribution in [0.4, 0.5) is 0 Å². The molecule has 1 aromatic carbocycles. The van der Waals surface area contributed by atoms with Crippen molar-refractivity contribution < 1.29 is 10.2 Å². The monoisotopic (exact) mass is 215 g/mol. The lowest BCUT2D eigenvalue weighted by molar-refractivity contribution is -0.108. The van der Waals surface area contributed by atoms with Gasteiger partial charge in [0.1, 0.15) is 29.2 Å². The molecule has 0 amide bonds. The molecule has 4 N–H and O–H groups in total. The van der Waals surface area contributed by atoms with E-state index in [1.54, 1.807) is 15.7 Å². The largest absolute Gasteiger partial charge is 0.375 e. The SMILES string of the molecule is BC(O)(O)C(B)(B)[C@@](B)(N)c1ccccc1. The van der Waals surface area contributed by atoms with Crippen molar-refractivity contribution >= 4 is 31.4 Å². The molecular formula is C9H17B4NO2. The van der Waals surface area contributed by atoms with Crippen LogP contribution < -0.4 is 5.73 Å². The van der Waals surface area contributed by atoms with Crippen molar-refractivity contribution in [3.05, 3.63) is 35.9 Å². The highest BCUT2D eigenvalue weighted by Gasteiger charge is 2.49. The van der Waals surface area contributed by atoms with E-state index in [0.717, 1.165) is 5.56 Å². The fourth-order valence-electron chi connectivity index (χ4n) is 1.64. The molecule has 0 saturated carbocycles. The highest BCUT2D eigenvalue weighted by atomic mass is 16.5. The zero-order valence-corrected chi connectivity index (χ0v) is 10.4. The van der Waals surface area contributed by atoms with Gasteiger partial charge in [-0.3, -0.25) is 0 Å². The number of hydrogen-bond acceptors (Lipinski definition) is 3. The van der Waals surface area contributed by atoms with Gasteiger partial charge in [-0.25, -0.2) is 0 Å². The molecule has 0 bridgehead atoms. The second-order valence-corrected chi connectivity index (χ2v) is 5.21. The first-order chi connectivity index (χ1) is 7.11. The van der Waals surface area contributed by atoms with Crippen molar-refractivity contribution in [3.63, 3.8) is 0 Å². The van der Waals surface area contributed by atoms with E-state index in [0.29, 0.717) is 0 Å². The quantitative estimate of drug-likeness (QED) is 0.356. The molecule has 1 atom stereocenters. The maximum atomic E-state index is 9.82. The van der Waals surface area contributed by atoms with Gasteiger partial charge < -0.3 is 15.9 Å². The van der Waals surface area contributed by atoms with E-state index in [1.165, 1.54) is 7.85 Å². The molecule has 0 fully saturated rings. The number of rotatable bonds is 3. The van der Waals surface area contributed by atoms with Crippen LogP contribution in [0.5, 0.6) is 0 Å². The van der Waals surface area contributed by atoms with Gasteiger partial charge >= 0.3 is 0 Å². The van der Waals surface area contributed by atoms with Crippen LogP contribution in [-0.2, 0) is 5.44 Å². The van der Waals surface area contributed by atoms with Crippen LogP contribution in [0.2, 0.25) is 5.21 Å². The molecule has 0 unspecified atom stereocenters. The summed E-state index contributed by atoms with van der Waals surface area (Å²) < 4.78 is 0. The second kappa shape index (κ2) is 3.99. The first-order valence-corrected chi connectivity index (χ1v) is 5.40. The van der Waals surface area contributed by atoms with Crippen LogP contribution in [0.25, 0.3) is 0 Å². The molecule has 0 aromatic heterocycles. The van der Waals surface area contributed by atoms with E-state index in [1.807, 2.05) is 38.2 Å². The van der Waals surface area contributed by atoms with Crippen LogP contribution in [0, 0.1) is 0 Å². The Kier molecular flexibility index (Phi) is 3.34. The molecule has 1 rings (SSSR count). The Morgan fingerprint density at radius 1 is 0.938 bits per heavy atom. The Bertz CT molecular complexity index is 362. The van der Waals surface area contributed by atoms with Gasteiger partial charge in [-0.1, -0.05) is 30.3 Å². The Balaban J connectivity index is 3.22. The van der Waals surface area contributed by atoms with E-state index >= 15 is 0 Å². The molecule has 0 aliphatic carbocycles. The molecule has 3 nitrogen and oxygen atoms in total. The second-order valence-electron chi connectivity index (χ2n) is 5.21. The lowest BCUT2D eigenvalue weighted by atomic mass is 9.33.